The first-order chi connectivity index (χ1) is 7.90. The van der Waals surface area contributed by atoms with Crippen LogP contribution >= 0.6 is 0 Å². The molecule has 0 spiro atoms. The van der Waals surface area contributed by atoms with Crippen LogP contribution in [-0.4, -0.2) is 0 Å². The molecule has 2 aromatic rings. The minimum atomic E-state index is 0.687. The molecule has 0 heterocycles. The van der Waals surface area contributed by atoms with Gasteiger partial charge in [-0.15, -0.1) is 0 Å². The molecule has 0 aromatic heterocycles. The summed E-state index contributed by atoms with van der Waals surface area (Å²) in [5, 5.41) is 2.23. The van der Waals surface area contributed by atoms with Crippen molar-refractivity contribution >= 4 is 11.8 Å². The van der Waals surface area contributed by atoms with Crippen molar-refractivity contribution in [2.45, 2.75) is 0 Å². The van der Waals surface area contributed by atoms with E-state index in [0.29, 0.717) is 5.70 Å². The molecule has 16 heavy (non-hydrogen) atoms. The first-order valence-corrected chi connectivity index (χ1v) is 5.12. The van der Waals surface area contributed by atoms with Crippen LogP contribution in [0.25, 0.3) is 17.3 Å². The molecule has 0 saturated heterocycles. The summed E-state index contributed by atoms with van der Waals surface area (Å²) in [5.74, 6) is 0. The molecule has 0 fully saturated rings. The Hall–Kier alpha value is -2.22. The van der Waals surface area contributed by atoms with Crippen molar-refractivity contribution in [3.8, 4) is 0 Å². The molecule has 0 bridgehead atoms. The van der Waals surface area contributed by atoms with E-state index in [1.54, 1.807) is 0 Å². The molecule has 2 rings (SSSR count). The van der Waals surface area contributed by atoms with Crippen LogP contribution in [0.2, 0.25) is 0 Å². The second-order valence-corrected chi connectivity index (χ2v) is 3.45. The van der Waals surface area contributed by atoms with E-state index in [0.717, 1.165) is 11.1 Å². The zero-order valence-corrected chi connectivity index (χ0v) is 8.80. The van der Waals surface area contributed by atoms with Crippen molar-refractivity contribution in [2.24, 2.45) is 0 Å². The van der Waals surface area contributed by atoms with E-state index in [9.17, 15) is 0 Å². The second-order valence-electron chi connectivity index (χ2n) is 3.45. The summed E-state index contributed by atoms with van der Waals surface area (Å²) in [6, 6.07) is 19.6. The third kappa shape index (κ3) is 2.42. The number of nitrogens with one attached hydrogen (secondary N) is 1. The highest BCUT2D eigenvalue weighted by Gasteiger charge is 2.01. The van der Waals surface area contributed by atoms with E-state index < -0.39 is 0 Å². The van der Waals surface area contributed by atoms with Crippen LogP contribution in [0.4, 0.5) is 0 Å². The molecule has 2 aromatic carbocycles. The van der Waals surface area contributed by atoms with E-state index in [4.69, 9.17) is 5.53 Å². The quantitative estimate of drug-likeness (QED) is 0.593. The summed E-state index contributed by atoms with van der Waals surface area (Å²) >= 11 is 0. The number of rotatable bonds is 3. The third-order valence-corrected chi connectivity index (χ3v) is 2.32. The minimum absolute atomic E-state index is 0.687. The normalized spacial score (nSPS) is 11.1. The maximum absolute atomic E-state index is 9.12. The van der Waals surface area contributed by atoms with E-state index in [-0.39, 0.29) is 0 Å². The van der Waals surface area contributed by atoms with Gasteiger partial charge in [0.2, 0.25) is 0 Å². The highest BCUT2D eigenvalue weighted by atomic mass is 15.0. The van der Waals surface area contributed by atoms with E-state index >= 15 is 0 Å². The second kappa shape index (κ2) is 5.03. The van der Waals surface area contributed by atoms with Crippen LogP contribution in [0.5, 0.6) is 0 Å². The largest absolute Gasteiger partial charge is 0.502 e. The molecule has 78 valence electrons. The molecule has 0 aliphatic carbocycles. The Kier molecular flexibility index (Phi) is 3.24. The highest BCUT2D eigenvalue weighted by Crippen LogP contribution is 2.11. The third-order valence-electron chi connectivity index (χ3n) is 2.32. The van der Waals surface area contributed by atoms with Gasteiger partial charge in [-0.25, -0.2) is 0 Å². The van der Waals surface area contributed by atoms with Crippen molar-refractivity contribution in [3.05, 3.63) is 77.3 Å². The van der Waals surface area contributed by atoms with Gasteiger partial charge in [-0.1, -0.05) is 48.5 Å². The summed E-state index contributed by atoms with van der Waals surface area (Å²) in [6.07, 6.45) is 1.90. The molecule has 2 heteroatoms. The van der Waals surface area contributed by atoms with Gasteiger partial charge >= 0.3 is 0 Å². The SMILES string of the molecule is [N-]=[NH+]C(=Cc1ccccc1)c1ccccc1. The minimum Gasteiger partial charge on any atom is -0.502 e. The van der Waals surface area contributed by atoms with Gasteiger partial charge in [0.05, 0.1) is 0 Å². The zero-order chi connectivity index (χ0) is 11.2. The Morgan fingerprint density at radius 3 is 2.00 bits per heavy atom. The monoisotopic (exact) mass is 208 g/mol. The predicted molar refractivity (Wildman–Crippen MR) is 65.1 cm³/mol. The lowest BCUT2D eigenvalue weighted by Gasteiger charge is -1.98. The van der Waals surface area contributed by atoms with Crippen molar-refractivity contribution in [2.75, 3.05) is 0 Å². The average molecular weight is 208 g/mol. The topological polar surface area (TPSA) is 36.3 Å². The maximum atomic E-state index is 9.12. The molecule has 0 aliphatic rings. The standard InChI is InChI=1S/C14H12N2/c15-16-14(13-9-5-2-6-10-13)11-12-7-3-1-4-8-12/h1-11,16H. The summed E-state index contributed by atoms with van der Waals surface area (Å²) in [6.45, 7) is 0. The van der Waals surface area contributed by atoms with Gasteiger partial charge in [-0.3, -0.25) is 5.11 Å². The van der Waals surface area contributed by atoms with Crippen LogP contribution in [0.1, 0.15) is 11.1 Å². The molecular formula is C14H12N2. The van der Waals surface area contributed by atoms with Gasteiger partial charge < -0.3 is 5.53 Å². The van der Waals surface area contributed by atoms with Crippen LogP contribution in [-0.2, 0) is 0 Å². The fourth-order valence-corrected chi connectivity index (χ4v) is 1.51. The maximum Gasteiger partial charge on any atom is 0.200 e. The molecule has 0 atom stereocenters. The van der Waals surface area contributed by atoms with Crippen molar-refractivity contribution < 1.29 is 5.11 Å². The Morgan fingerprint density at radius 1 is 0.875 bits per heavy atom. The molecule has 2 nitrogen and oxygen atoms in total. The van der Waals surface area contributed by atoms with Crippen molar-refractivity contribution in [1.82, 2.24) is 0 Å². The Bertz CT molecular complexity index is 487. The van der Waals surface area contributed by atoms with Gasteiger partial charge in [0.25, 0.3) is 0 Å². The Balaban J connectivity index is 2.38. The van der Waals surface area contributed by atoms with Gasteiger partial charge in [-0.05, 0) is 17.7 Å². The molecule has 0 unspecified atom stereocenters. The number of nitrogens with zero attached hydrogens (tertiary/aromatic N) is 1. The molecular weight excluding hydrogens is 196 g/mol. The Morgan fingerprint density at radius 2 is 1.44 bits per heavy atom. The fourth-order valence-electron chi connectivity index (χ4n) is 1.51. The highest BCUT2D eigenvalue weighted by molar-refractivity contribution is 5.75. The molecule has 0 saturated carbocycles. The summed E-state index contributed by atoms with van der Waals surface area (Å²) < 4.78 is 0. The van der Waals surface area contributed by atoms with Crippen LogP contribution in [0.15, 0.2) is 60.7 Å². The molecule has 0 amide bonds. The number of hydrogen-bond donors (Lipinski definition) is 1. The van der Waals surface area contributed by atoms with E-state index in [1.165, 1.54) is 0 Å². The van der Waals surface area contributed by atoms with Crippen LogP contribution in [0, 0.1) is 0 Å². The summed E-state index contributed by atoms with van der Waals surface area (Å²) in [7, 11) is 0. The average Bonchev–Trinajstić information content (AvgIpc) is 2.38. The Labute approximate surface area is 94.8 Å². The van der Waals surface area contributed by atoms with Crippen LogP contribution < -0.4 is 5.11 Å². The lowest BCUT2D eigenvalue weighted by Crippen LogP contribution is -2.58. The van der Waals surface area contributed by atoms with Crippen LogP contribution in [0.3, 0.4) is 0 Å². The molecule has 1 N–H and O–H groups in total. The summed E-state index contributed by atoms with van der Waals surface area (Å²) in [5.41, 5.74) is 11.8. The fraction of sp³-hybridized carbons (Fsp3) is 0. The van der Waals surface area contributed by atoms with E-state index in [1.807, 2.05) is 66.7 Å². The zero-order valence-electron chi connectivity index (χ0n) is 8.80. The molecule has 0 aliphatic heterocycles. The number of benzene rings is 2. The van der Waals surface area contributed by atoms with E-state index in [2.05, 4.69) is 5.11 Å². The lowest BCUT2D eigenvalue weighted by molar-refractivity contribution is -0.368. The number of hydrogen-bond acceptors (Lipinski definition) is 0. The van der Waals surface area contributed by atoms with Crippen molar-refractivity contribution in [3.63, 3.8) is 0 Å². The first-order valence-electron chi connectivity index (χ1n) is 5.12. The first kappa shape index (κ1) is 10.3. The van der Waals surface area contributed by atoms with Crippen molar-refractivity contribution in [1.29, 1.82) is 0 Å². The summed E-state index contributed by atoms with van der Waals surface area (Å²) in [4.78, 5) is 0. The predicted octanol–water partition coefficient (Wildman–Crippen LogP) is 2.29. The lowest BCUT2D eigenvalue weighted by atomic mass is 10.1. The van der Waals surface area contributed by atoms with Gasteiger partial charge in [0.1, 0.15) is 0 Å². The molecule has 0 radical (unpaired) electrons. The smallest absolute Gasteiger partial charge is 0.200 e. The van der Waals surface area contributed by atoms with Gasteiger partial charge in [0.15, 0.2) is 5.70 Å². The van der Waals surface area contributed by atoms with Gasteiger partial charge in [0, 0.05) is 11.6 Å². The van der Waals surface area contributed by atoms with Gasteiger partial charge in [-0.2, -0.15) is 0 Å².